The number of aryl methyl sites for hydroxylation is 2. The Labute approximate surface area is 163 Å². The fourth-order valence-corrected chi connectivity index (χ4v) is 4.49. The van der Waals surface area contributed by atoms with E-state index in [4.69, 9.17) is 4.74 Å². The van der Waals surface area contributed by atoms with Crippen LogP contribution in [0.15, 0.2) is 47.3 Å². The summed E-state index contributed by atoms with van der Waals surface area (Å²) in [6.45, 7) is 5.75. The summed E-state index contributed by atoms with van der Waals surface area (Å²) in [6.07, 6.45) is -0.167. The zero-order chi connectivity index (χ0) is 19.8. The van der Waals surface area contributed by atoms with E-state index >= 15 is 0 Å². The molecular weight excluding hydrogens is 350 g/mol. The highest BCUT2D eigenvalue weighted by Gasteiger charge is 2.37. The van der Waals surface area contributed by atoms with Crippen LogP contribution in [0.25, 0.3) is 32.6 Å². The third-order valence-electron chi connectivity index (χ3n) is 6.17. The van der Waals surface area contributed by atoms with Crippen molar-refractivity contribution >= 4 is 32.6 Å². The van der Waals surface area contributed by atoms with E-state index in [0.717, 1.165) is 38.7 Å². The van der Waals surface area contributed by atoms with E-state index in [1.165, 1.54) is 0 Å². The first-order valence-electron chi connectivity index (χ1n) is 9.62. The SMILES string of the molecule is Cc1cc2c(c3c1c(=O)c1cc4ccccc4cc1n3C)CC(O)C(C)(C)O2. The maximum absolute atomic E-state index is 13.5. The molecule has 2 heterocycles. The maximum atomic E-state index is 13.5. The van der Waals surface area contributed by atoms with Crippen LogP contribution in [-0.4, -0.2) is 21.4 Å². The van der Waals surface area contributed by atoms with Gasteiger partial charge >= 0.3 is 0 Å². The van der Waals surface area contributed by atoms with Crippen LogP contribution in [0.1, 0.15) is 25.0 Å². The highest BCUT2D eigenvalue weighted by Crippen LogP contribution is 2.39. The van der Waals surface area contributed by atoms with Crippen molar-refractivity contribution in [2.75, 3.05) is 0 Å². The summed E-state index contributed by atoms with van der Waals surface area (Å²) in [5.74, 6) is 0.760. The van der Waals surface area contributed by atoms with Crippen LogP contribution in [0, 0.1) is 6.92 Å². The Morgan fingerprint density at radius 3 is 2.54 bits per heavy atom. The number of aliphatic hydroxyl groups excluding tert-OH is 1. The Morgan fingerprint density at radius 2 is 1.82 bits per heavy atom. The van der Waals surface area contributed by atoms with Gasteiger partial charge in [-0.15, -0.1) is 0 Å². The topological polar surface area (TPSA) is 51.5 Å². The van der Waals surface area contributed by atoms with E-state index in [9.17, 15) is 9.90 Å². The monoisotopic (exact) mass is 373 g/mol. The van der Waals surface area contributed by atoms with Gasteiger partial charge in [-0.05, 0) is 55.3 Å². The van der Waals surface area contributed by atoms with Gasteiger partial charge in [0.2, 0.25) is 0 Å². The first kappa shape index (κ1) is 17.3. The molecule has 0 aliphatic carbocycles. The van der Waals surface area contributed by atoms with Gasteiger partial charge in [-0.3, -0.25) is 4.79 Å². The molecule has 0 saturated heterocycles. The predicted molar refractivity (Wildman–Crippen MR) is 113 cm³/mol. The molecule has 4 heteroatoms. The molecule has 1 aromatic heterocycles. The van der Waals surface area contributed by atoms with Crippen molar-refractivity contribution < 1.29 is 9.84 Å². The van der Waals surface area contributed by atoms with Gasteiger partial charge in [-0.1, -0.05) is 24.3 Å². The van der Waals surface area contributed by atoms with Crippen molar-refractivity contribution in [2.24, 2.45) is 7.05 Å². The summed E-state index contributed by atoms with van der Waals surface area (Å²) in [4.78, 5) is 13.5. The molecule has 1 aliphatic heterocycles. The van der Waals surface area contributed by atoms with Crippen molar-refractivity contribution in [2.45, 2.75) is 38.9 Å². The summed E-state index contributed by atoms with van der Waals surface area (Å²) in [5, 5.41) is 14.2. The fraction of sp³-hybridized carbons (Fsp3) is 0.292. The van der Waals surface area contributed by atoms with Gasteiger partial charge in [-0.2, -0.15) is 0 Å². The van der Waals surface area contributed by atoms with E-state index in [-0.39, 0.29) is 5.43 Å². The molecule has 3 aromatic carbocycles. The largest absolute Gasteiger partial charge is 0.485 e. The highest BCUT2D eigenvalue weighted by atomic mass is 16.5. The minimum Gasteiger partial charge on any atom is -0.485 e. The molecule has 1 atom stereocenters. The molecule has 4 aromatic rings. The molecule has 0 spiro atoms. The third kappa shape index (κ3) is 2.24. The van der Waals surface area contributed by atoms with Gasteiger partial charge in [0, 0.05) is 29.8 Å². The van der Waals surface area contributed by atoms with Crippen LogP contribution in [0.5, 0.6) is 5.75 Å². The molecule has 0 radical (unpaired) electrons. The predicted octanol–water partition coefficient (Wildman–Crippen LogP) is 4.23. The second-order valence-electron chi connectivity index (χ2n) is 8.42. The molecule has 0 fully saturated rings. The molecule has 5 rings (SSSR count). The molecule has 0 bridgehead atoms. The van der Waals surface area contributed by atoms with Crippen LogP contribution in [0.4, 0.5) is 0 Å². The van der Waals surface area contributed by atoms with Gasteiger partial charge in [0.05, 0.1) is 17.1 Å². The van der Waals surface area contributed by atoms with Crippen molar-refractivity contribution in [3.63, 3.8) is 0 Å². The van der Waals surface area contributed by atoms with E-state index in [1.807, 2.05) is 58.2 Å². The Balaban J connectivity index is 1.97. The standard InChI is InChI=1S/C24H23NO3/c1-13-9-19-17(12-20(26)24(2,3)28-19)22-21(13)23(27)16-10-14-7-5-6-8-15(14)11-18(16)25(22)4/h5-11,20,26H,12H2,1-4H3. The number of fused-ring (bicyclic) bond motifs is 5. The second kappa shape index (κ2) is 5.58. The Hall–Kier alpha value is -2.85. The van der Waals surface area contributed by atoms with E-state index < -0.39 is 11.7 Å². The molecule has 1 aliphatic rings. The van der Waals surface area contributed by atoms with E-state index in [0.29, 0.717) is 17.2 Å². The molecular formula is C24H23NO3. The van der Waals surface area contributed by atoms with Gasteiger partial charge in [0.25, 0.3) is 0 Å². The first-order valence-corrected chi connectivity index (χ1v) is 9.62. The molecule has 0 amide bonds. The van der Waals surface area contributed by atoms with E-state index in [2.05, 4.69) is 16.7 Å². The van der Waals surface area contributed by atoms with Gasteiger partial charge < -0.3 is 14.4 Å². The number of hydrogen-bond acceptors (Lipinski definition) is 3. The first-order chi connectivity index (χ1) is 13.3. The summed E-state index contributed by atoms with van der Waals surface area (Å²) in [7, 11) is 1.99. The lowest BCUT2D eigenvalue weighted by molar-refractivity contribution is -0.0407. The lowest BCUT2D eigenvalue weighted by Crippen LogP contribution is -2.46. The number of pyridine rings is 1. The lowest BCUT2D eigenvalue weighted by Gasteiger charge is -2.38. The number of nitrogens with zero attached hydrogens (tertiary/aromatic N) is 1. The summed E-state index contributed by atoms with van der Waals surface area (Å²) >= 11 is 0. The summed E-state index contributed by atoms with van der Waals surface area (Å²) in [5.41, 5.74) is 2.94. The second-order valence-corrected chi connectivity index (χ2v) is 8.42. The quantitative estimate of drug-likeness (QED) is 0.469. The maximum Gasteiger partial charge on any atom is 0.197 e. The molecule has 0 saturated carbocycles. The summed E-state index contributed by atoms with van der Waals surface area (Å²) < 4.78 is 8.21. The van der Waals surface area contributed by atoms with Gasteiger partial charge in [0.15, 0.2) is 5.43 Å². The average Bonchev–Trinajstić information content (AvgIpc) is 2.65. The number of aromatic nitrogens is 1. The Morgan fingerprint density at radius 1 is 1.14 bits per heavy atom. The molecule has 4 nitrogen and oxygen atoms in total. The number of rotatable bonds is 0. The van der Waals surface area contributed by atoms with Crippen LogP contribution >= 0.6 is 0 Å². The fourth-order valence-electron chi connectivity index (χ4n) is 4.49. The van der Waals surface area contributed by atoms with Crippen molar-refractivity contribution in [3.05, 3.63) is 63.8 Å². The van der Waals surface area contributed by atoms with Crippen LogP contribution in [-0.2, 0) is 13.5 Å². The van der Waals surface area contributed by atoms with E-state index in [1.54, 1.807) is 0 Å². The smallest absolute Gasteiger partial charge is 0.197 e. The third-order valence-corrected chi connectivity index (χ3v) is 6.17. The van der Waals surface area contributed by atoms with Crippen molar-refractivity contribution in [1.82, 2.24) is 4.57 Å². The number of benzene rings is 3. The summed E-state index contributed by atoms with van der Waals surface area (Å²) in [6, 6.07) is 14.1. The van der Waals surface area contributed by atoms with Crippen LogP contribution in [0.2, 0.25) is 0 Å². The molecule has 28 heavy (non-hydrogen) atoms. The average molecular weight is 373 g/mol. The van der Waals surface area contributed by atoms with Crippen LogP contribution < -0.4 is 10.2 Å². The molecule has 1 N–H and O–H groups in total. The van der Waals surface area contributed by atoms with Crippen LogP contribution in [0.3, 0.4) is 0 Å². The zero-order valence-corrected chi connectivity index (χ0v) is 16.5. The Bertz CT molecular complexity index is 1350. The molecule has 1 unspecified atom stereocenters. The number of ether oxygens (including phenoxy) is 1. The van der Waals surface area contributed by atoms with Crippen molar-refractivity contribution in [3.8, 4) is 5.75 Å². The number of hydrogen-bond donors (Lipinski definition) is 1. The zero-order valence-electron chi connectivity index (χ0n) is 16.5. The van der Waals surface area contributed by atoms with Gasteiger partial charge in [0.1, 0.15) is 11.4 Å². The minimum absolute atomic E-state index is 0.0356. The minimum atomic E-state index is -0.654. The lowest BCUT2D eigenvalue weighted by atomic mass is 9.88. The van der Waals surface area contributed by atoms with Gasteiger partial charge in [-0.25, -0.2) is 0 Å². The molecule has 142 valence electrons. The van der Waals surface area contributed by atoms with Crippen molar-refractivity contribution in [1.29, 1.82) is 0 Å². The highest BCUT2D eigenvalue weighted by molar-refractivity contribution is 6.03. The number of aliphatic hydroxyl groups is 1. The normalized spacial score (nSPS) is 18.4. The Kier molecular flexibility index (Phi) is 3.44.